The van der Waals surface area contributed by atoms with E-state index in [2.05, 4.69) is 6.58 Å². The average molecular weight is 420 g/mol. The molecule has 0 radical (unpaired) electrons. The highest BCUT2D eigenvalue weighted by Crippen LogP contribution is 2.34. The van der Waals surface area contributed by atoms with Gasteiger partial charge in [-0.15, -0.1) is 0 Å². The number of aliphatic hydroxyl groups is 1. The summed E-state index contributed by atoms with van der Waals surface area (Å²) in [5, 5.41) is 9.53. The molecule has 0 aliphatic carbocycles. The third-order valence-corrected chi connectivity index (χ3v) is 5.54. The normalized spacial score (nSPS) is 20.0. The van der Waals surface area contributed by atoms with E-state index >= 15 is 0 Å². The third-order valence-electron chi connectivity index (χ3n) is 5.54. The van der Waals surface area contributed by atoms with Crippen LogP contribution in [0.2, 0.25) is 0 Å². The van der Waals surface area contributed by atoms with E-state index in [1.54, 1.807) is 25.1 Å². The maximum atomic E-state index is 14.5. The molecule has 3 rings (SSSR count). The molecule has 1 heterocycles. The molecule has 3 unspecified atom stereocenters. The molecule has 1 fully saturated rings. The van der Waals surface area contributed by atoms with Crippen molar-refractivity contribution in [3.63, 3.8) is 0 Å². The van der Waals surface area contributed by atoms with E-state index in [0.29, 0.717) is 36.8 Å². The van der Waals surface area contributed by atoms with Gasteiger partial charge in [0.05, 0.1) is 18.8 Å². The lowest BCUT2D eigenvalue weighted by atomic mass is 9.89. The van der Waals surface area contributed by atoms with Crippen molar-refractivity contribution in [2.75, 3.05) is 13.2 Å². The Kier molecular flexibility index (Phi) is 7.56. The van der Waals surface area contributed by atoms with E-state index in [9.17, 15) is 18.3 Å². The third kappa shape index (κ3) is 5.24. The van der Waals surface area contributed by atoms with Gasteiger partial charge in [0.25, 0.3) is 0 Å². The molecule has 6 heteroatoms. The summed E-state index contributed by atoms with van der Waals surface area (Å²) in [6, 6.07) is 7.75. The molecule has 1 N–H and O–H groups in total. The predicted molar refractivity (Wildman–Crippen MR) is 109 cm³/mol. The number of rotatable bonds is 8. The molecule has 162 valence electrons. The molecule has 0 spiro atoms. The van der Waals surface area contributed by atoms with Gasteiger partial charge in [-0.05, 0) is 61.4 Å². The number of hydrogen-bond acceptors (Lipinski definition) is 3. The highest BCUT2D eigenvalue weighted by atomic mass is 19.2. The molecule has 0 saturated carbocycles. The number of aliphatic hydroxyl groups excluding tert-OH is 1. The molecular weight excluding hydrogens is 393 g/mol. The van der Waals surface area contributed by atoms with Gasteiger partial charge < -0.3 is 14.6 Å². The van der Waals surface area contributed by atoms with Crippen LogP contribution in [0.4, 0.5) is 13.2 Å². The van der Waals surface area contributed by atoms with Crippen molar-refractivity contribution in [1.82, 2.24) is 0 Å². The van der Waals surface area contributed by atoms with Crippen LogP contribution in [0.1, 0.15) is 54.9 Å². The van der Waals surface area contributed by atoms with Crippen molar-refractivity contribution >= 4 is 0 Å². The van der Waals surface area contributed by atoms with Gasteiger partial charge in [0, 0.05) is 5.92 Å². The van der Waals surface area contributed by atoms with E-state index in [0.717, 1.165) is 0 Å². The van der Waals surface area contributed by atoms with Crippen molar-refractivity contribution < 1.29 is 27.8 Å². The summed E-state index contributed by atoms with van der Waals surface area (Å²) in [5.41, 5.74) is 1.41. The van der Waals surface area contributed by atoms with Crippen LogP contribution >= 0.6 is 0 Å². The maximum Gasteiger partial charge on any atom is 0.200 e. The van der Waals surface area contributed by atoms with E-state index in [1.807, 2.05) is 0 Å². The van der Waals surface area contributed by atoms with Crippen LogP contribution in [0, 0.1) is 17.5 Å². The second-order valence-corrected chi connectivity index (χ2v) is 7.68. The Morgan fingerprint density at radius 1 is 1.20 bits per heavy atom. The smallest absolute Gasteiger partial charge is 0.200 e. The Bertz CT molecular complexity index is 874. The van der Waals surface area contributed by atoms with Crippen LogP contribution in [0.3, 0.4) is 0 Å². The molecule has 0 amide bonds. The van der Waals surface area contributed by atoms with Crippen molar-refractivity contribution in [1.29, 1.82) is 0 Å². The first-order valence-corrected chi connectivity index (χ1v) is 10.2. The second-order valence-electron chi connectivity index (χ2n) is 7.68. The lowest BCUT2D eigenvalue weighted by molar-refractivity contribution is -0.00139. The van der Waals surface area contributed by atoms with Gasteiger partial charge in [-0.3, -0.25) is 0 Å². The van der Waals surface area contributed by atoms with Gasteiger partial charge in [-0.1, -0.05) is 30.9 Å². The van der Waals surface area contributed by atoms with Crippen LogP contribution < -0.4 is 4.74 Å². The van der Waals surface area contributed by atoms with Crippen LogP contribution in [-0.4, -0.2) is 24.4 Å². The van der Waals surface area contributed by atoms with Crippen LogP contribution in [0.5, 0.6) is 5.75 Å². The quantitative estimate of drug-likeness (QED) is 0.564. The van der Waals surface area contributed by atoms with Crippen LogP contribution in [-0.2, 0) is 11.2 Å². The predicted octanol–water partition coefficient (Wildman–Crippen LogP) is 5.62. The SMILES string of the molecule is C=CCOc1ccc(C2CCC(CCc3ccc(C(C)O)cc3F)OC2)c(F)c1F. The topological polar surface area (TPSA) is 38.7 Å². The summed E-state index contributed by atoms with van der Waals surface area (Å²) in [6.45, 7) is 5.47. The summed E-state index contributed by atoms with van der Waals surface area (Å²) in [7, 11) is 0. The second kappa shape index (κ2) is 10.1. The first-order valence-electron chi connectivity index (χ1n) is 10.2. The Labute approximate surface area is 175 Å². The van der Waals surface area contributed by atoms with E-state index in [-0.39, 0.29) is 42.4 Å². The van der Waals surface area contributed by atoms with Crippen molar-refractivity contribution in [3.8, 4) is 5.75 Å². The highest BCUT2D eigenvalue weighted by molar-refractivity contribution is 5.33. The fraction of sp³-hybridized carbons (Fsp3) is 0.417. The minimum absolute atomic E-state index is 0.0554. The number of hydrogen-bond donors (Lipinski definition) is 1. The fourth-order valence-corrected chi connectivity index (χ4v) is 3.74. The molecular formula is C24H27F3O3. The average Bonchev–Trinajstić information content (AvgIpc) is 2.74. The summed E-state index contributed by atoms with van der Waals surface area (Å²) < 4.78 is 53.9. The number of aryl methyl sites for hydroxylation is 1. The molecule has 0 bridgehead atoms. The fourth-order valence-electron chi connectivity index (χ4n) is 3.74. The van der Waals surface area contributed by atoms with Gasteiger partial charge in [-0.2, -0.15) is 4.39 Å². The molecule has 2 aromatic rings. The molecule has 3 nitrogen and oxygen atoms in total. The molecule has 1 aliphatic rings. The minimum atomic E-state index is -0.993. The van der Waals surface area contributed by atoms with Crippen molar-refractivity contribution in [2.24, 2.45) is 0 Å². The zero-order valence-electron chi connectivity index (χ0n) is 17.0. The van der Waals surface area contributed by atoms with Crippen molar-refractivity contribution in [3.05, 3.63) is 77.1 Å². The number of ether oxygens (including phenoxy) is 2. The van der Waals surface area contributed by atoms with Crippen LogP contribution in [0.25, 0.3) is 0 Å². The minimum Gasteiger partial charge on any atom is -0.486 e. The molecule has 2 aromatic carbocycles. The summed E-state index contributed by atoms with van der Waals surface area (Å²) in [4.78, 5) is 0. The van der Waals surface area contributed by atoms with Gasteiger partial charge >= 0.3 is 0 Å². The Morgan fingerprint density at radius 3 is 2.63 bits per heavy atom. The monoisotopic (exact) mass is 420 g/mol. The Hall–Kier alpha value is -2.31. The molecule has 0 aromatic heterocycles. The van der Waals surface area contributed by atoms with E-state index < -0.39 is 17.7 Å². The summed E-state index contributed by atoms with van der Waals surface area (Å²) in [6.07, 6.45) is 3.21. The van der Waals surface area contributed by atoms with E-state index in [4.69, 9.17) is 9.47 Å². The van der Waals surface area contributed by atoms with E-state index in [1.165, 1.54) is 18.2 Å². The zero-order valence-corrected chi connectivity index (χ0v) is 17.0. The van der Waals surface area contributed by atoms with Gasteiger partial charge in [-0.25, -0.2) is 8.78 Å². The summed E-state index contributed by atoms with van der Waals surface area (Å²) >= 11 is 0. The highest BCUT2D eigenvalue weighted by Gasteiger charge is 2.27. The molecule has 1 aliphatic heterocycles. The summed E-state index contributed by atoms with van der Waals surface area (Å²) in [5.74, 6) is -2.59. The Morgan fingerprint density at radius 2 is 2.00 bits per heavy atom. The first kappa shape index (κ1) is 22.4. The number of benzene rings is 2. The van der Waals surface area contributed by atoms with Gasteiger partial charge in [0.1, 0.15) is 12.4 Å². The molecule has 30 heavy (non-hydrogen) atoms. The molecule has 3 atom stereocenters. The lowest BCUT2D eigenvalue weighted by Crippen LogP contribution is -2.26. The zero-order chi connectivity index (χ0) is 21.7. The lowest BCUT2D eigenvalue weighted by Gasteiger charge is -2.30. The first-order chi connectivity index (χ1) is 14.4. The number of halogens is 3. The maximum absolute atomic E-state index is 14.5. The van der Waals surface area contributed by atoms with Gasteiger partial charge in [0.15, 0.2) is 11.6 Å². The van der Waals surface area contributed by atoms with Crippen LogP contribution in [0.15, 0.2) is 43.0 Å². The van der Waals surface area contributed by atoms with Crippen molar-refractivity contribution in [2.45, 2.75) is 50.7 Å². The standard InChI is InChI=1S/C24H27F3O3/c1-3-12-29-22-11-10-20(23(26)24(22)27)18-7-9-19(30-14-18)8-6-16-4-5-17(15(2)28)13-21(16)25/h3-5,10-11,13,15,18-19,28H,1,6-9,12,14H2,2H3. The largest absolute Gasteiger partial charge is 0.486 e. The molecule has 1 saturated heterocycles. The Balaban J connectivity index is 1.55. The van der Waals surface area contributed by atoms with Gasteiger partial charge in [0.2, 0.25) is 5.82 Å².